The third-order valence-electron chi connectivity index (χ3n) is 2.86. The first-order chi connectivity index (χ1) is 9.76. The monoisotopic (exact) mass is 378 g/mol. The molecule has 2 N–H and O–H groups in total. The van der Waals surface area contributed by atoms with Crippen LogP contribution in [-0.2, 0) is 6.54 Å². The number of thioether (sulfide) groups is 1. The van der Waals surface area contributed by atoms with E-state index in [4.69, 9.17) is 0 Å². The van der Waals surface area contributed by atoms with Crippen molar-refractivity contribution < 1.29 is 5.11 Å². The van der Waals surface area contributed by atoms with Gasteiger partial charge in [-0.2, -0.15) is 16.9 Å². The highest BCUT2D eigenvalue weighted by atomic mass is 79.9. The Bertz CT molecular complexity index is 519. The zero-order chi connectivity index (χ0) is 16.0. The average Bonchev–Trinajstić information content (AvgIpc) is 2.39. The highest BCUT2D eigenvalue weighted by molar-refractivity contribution is 9.10. The average molecular weight is 379 g/mol. The number of aromatic nitrogens is 2. The number of aliphatic hydroxyl groups is 1. The summed E-state index contributed by atoms with van der Waals surface area (Å²) in [7, 11) is 3.90. The first kappa shape index (κ1) is 18.5. The second-order valence-electron chi connectivity index (χ2n) is 5.49. The summed E-state index contributed by atoms with van der Waals surface area (Å²) >= 11 is 4.88. The minimum atomic E-state index is -0.835. The van der Waals surface area contributed by atoms with Crippen molar-refractivity contribution in [1.82, 2.24) is 14.7 Å². The summed E-state index contributed by atoms with van der Waals surface area (Å²) in [5.74, 6) is 0.616. The number of likely N-dealkylation sites (N-methyl/N-ethyl adjacent to an activating group) is 1. The van der Waals surface area contributed by atoms with E-state index in [0.29, 0.717) is 29.0 Å². The van der Waals surface area contributed by atoms with Crippen molar-refractivity contribution in [2.75, 3.05) is 44.5 Å². The van der Waals surface area contributed by atoms with Crippen LogP contribution in [0.5, 0.6) is 0 Å². The molecule has 1 aromatic heterocycles. The van der Waals surface area contributed by atoms with Crippen molar-refractivity contribution in [2.45, 2.75) is 19.1 Å². The zero-order valence-electron chi connectivity index (χ0n) is 12.9. The van der Waals surface area contributed by atoms with Gasteiger partial charge >= 0.3 is 0 Å². The maximum Gasteiger partial charge on any atom is 0.283 e. The van der Waals surface area contributed by atoms with E-state index in [0.717, 1.165) is 6.54 Å². The van der Waals surface area contributed by atoms with Crippen molar-refractivity contribution >= 4 is 33.4 Å². The molecule has 8 heteroatoms. The van der Waals surface area contributed by atoms with Crippen molar-refractivity contribution in [3.63, 3.8) is 0 Å². The molecule has 1 atom stereocenters. The second kappa shape index (κ2) is 8.17. The summed E-state index contributed by atoms with van der Waals surface area (Å²) in [6.45, 7) is 3.40. The van der Waals surface area contributed by atoms with Gasteiger partial charge in [0.05, 0.1) is 24.0 Å². The molecule has 6 nitrogen and oxygen atoms in total. The van der Waals surface area contributed by atoms with Crippen LogP contribution in [0.25, 0.3) is 0 Å². The van der Waals surface area contributed by atoms with E-state index >= 15 is 0 Å². The molecule has 0 bridgehead atoms. The predicted molar refractivity (Wildman–Crippen MR) is 92.2 cm³/mol. The molecule has 0 fully saturated rings. The molecular weight excluding hydrogens is 356 g/mol. The fraction of sp³-hybridized carbons (Fsp3) is 0.692. The molecule has 1 rings (SSSR count). The maximum atomic E-state index is 12.2. The van der Waals surface area contributed by atoms with Crippen LogP contribution in [0.2, 0.25) is 0 Å². The van der Waals surface area contributed by atoms with E-state index in [-0.39, 0.29) is 5.56 Å². The molecule has 0 saturated carbocycles. The van der Waals surface area contributed by atoms with Gasteiger partial charge in [0.1, 0.15) is 4.47 Å². The van der Waals surface area contributed by atoms with Crippen LogP contribution in [0.15, 0.2) is 15.5 Å². The van der Waals surface area contributed by atoms with E-state index in [9.17, 15) is 9.90 Å². The molecule has 1 heterocycles. The number of halogens is 1. The number of anilines is 1. The van der Waals surface area contributed by atoms with E-state index in [1.54, 1.807) is 24.9 Å². The first-order valence-corrected chi connectivity index (χ1v) is 8.81. The Morgan fingerprint density at radius 1 is 1.57 bits per heavy atom. The summed E-state index contributed by atoms with van der Waals surface area (Å²) < 4.78 is 1.87. The van der Waals surface area contributed by atoms with Crippen LogP contribution in [0.4, 0.5) is 5.69 Å². The van der Waals surface area contributed by atoms with Gasteiger partial charge in [0.15, 0.2) is 0 Å². The van der Waals surface area contributed by atoms with Crippen LogP contribution in [0, 0.1) is 0 Å². The Hall–Kier alpha value is -0.570. The van der Waals surface area contributed by atoms with Gasteiger partial charge in [0, 0.05) is 18.8 Å². The lowest BCUT2D eigenvalue weighted by atomic mass is 10.1. The van der Waals surface area contributed by atoms with Crippen LogP contribution < -0.4 is 10.9 Å². The highest BCUT2D eigenvalue weighted by Crippen LogP contribution is 2.18. The van der Waals surface area contributed by atoms with Crippen LogP contribution >= 0.6 is 27.7 Å². The number of nitrogens with zero attached hydrogens (tertiary/aromatic N) is 3. The Morgan fingerprint density at radius 3 is 2.81 bits per heavy atom. The molecule has 0 aromatic carbocycles. The zero-order valence-corrected chi connectivity index (χ0v) is 15.3. The number of hydrogen-bond donors (Lipinski definition) is 2. The molecule has 0 amide bonds. The molecule has 0 aliphatic rings. The highest BCUT2D eigenvalue weighted by Gasteiger charge is 2.20. The molecule has 1 unspecified atom stereocenters. The standard InChI is InChI=1S/C13H23BrN4O2S/c1-13(20,9-21-4)8-15-10-7-16-18(6-5-17(2)3)12(19)11(10)14/h7,15,20H,5-6,8-9H2,1-4H3. The molecule has 1 aromatic rings. The van der Waals surface area contributed by atoms with Crippen molar-refractivity contribution in [1.29, 1.82) is 0 Å². The Morgan fingerprint density at radius 2 is 2.24 bits per heavy atom. The molecule has 0 radical (unpaired) electrons. The third kappa shape index (κ3) is 5.98. The Labute approximate surface area is 138 Å². The van der Waals surface area contributed by atoms with E-state index in [1.807, 2.05) is 25.3 Å². The minimum Gasteiger partial charge on any atom is -0.387 e. The fourth-order valence-corrected chi connectivity index (χ4v) is 2.86. The van der Waals surface area contributed by atoms with Crippen molar-refractivity contribution in [3.8, 4) is 0 Å². The number of hydrogen-bond acceptors (Lipinski definition) is 6. The number of nitrogens with one attached hydrogen (secondary N) is 1. The molecule has 0 aliphatic heterocycles. The van der Waals surface area contributed by atoms with Gasteiger partial charge in [-0.05, 0) is 43.2 Å². The van der Waals surface area contributed by atoms with Crippen molar-refractivity contribution in [2.24, 2.45) is 0 Å². The minimum absolute atomic E-state index is 0.175. The summed E-state index contributed by atoms with van der Waals surface area (Å²) in [5.41, 5.74) is -0.410. The predicted octanol–water partition coefficient (Wildman–Crippen LogP) is 1.09. The lowest BCUT2D eigenvalue weighted by molar-refractivity contribution is 0.0997. The summed E-state index contributed by atoms with van der Waals surface area (Å²) in [6, 6.07) is 0. The van der Waals surface area contributed by atoms with Gasteiger partial charge < -0.3 is 15.3 Å². The molecule has 21 heavy (non-hydrogen) atoms. The van der Waals surface area contributed by atoms with Crippen LogP contribution in [-0.4, -0.2) is 64.6 Å². The first-order valence-electron chi connectivity index (χ1n) is 6.62. The maximum absolute atomic E-state index is 12.2. The van der Waals surface area contributed by atoms with Gasteiger partial charge in [-0.15, -0.1) is 0 Å². The molecule has 0 saturated heterocycles. The summed E-state index contributed by atoms with van der Waals surface area (Å²) in [4.78, 5) is 14.2. The second-order valence-corrected chi connectivity index (χ2v) is 7.15. The van der Waals surface area contributed by atoms with Gasteiger partial charge in [-0.3, -0.25) is 4.79 Å². The summed E-state index contributed by atoms with van der Waals surface area (Å²) in [5, 5.41) is 17.4. The van der Waals surface area contributed by atoms with E-state index < -0.39 is 5.60 Å². The van der Waals surface area contributed by atoms with Gasteiger partial charge in [0.2, 0.25) is 0 Å². The van der Waals surface area contributed by atoms with Gasteiger partial charge in [-0.25, -0.2) is 4.68 Å². The van der Waals surface area contributed by atoms with Gasteiger partial charge in [-0.1, -0.05) is 0 Å². The van der Waals surface area contributed by atoms with E-state index in [2.05, 4.69) is 26.3 Å². The lowest BCUT2D eigenvalue weighted by Gasteiger charge is -2.23. The van der Waals surface area contributed by atoms with Gasteiger partial charge in [0.25, 0.3) is 5.56 Å². The normalized spacial score (nSPS) is 14.2. The Kier molecular flexibility index (Phi) is 7.19. The quantitative estimate of drug-likeness (QED) is 0.705. The van der Waals surface area contributed by atoms with Crippen LogP contribution in [0.3, 0.4) is 0 Å². The third-order valence-corrected chi connectivity index (χ3v) is 4.54. The molecule has 120 valence electrons. The van der Waals surface area contributed by atoms with Crippen LogP contribution in [0.1, 0.15) is 6.92 Å². The van der Waals surface area contributed by atoms with E-state index in [1.165, 1.54) is 4.68 Å². The topological polar surface area (TPSA) is 70.4 Å². The Balaban J connectivity index is 2.78. The SMILES string of the molecule is CSCC(C)(O)CNc1cnn(CCN(C)C)c(=O)c1Br. The summed E-state index contributed by atoms with van der Waals surface area (Å²) in [6.07, 6.45) is 3.55. The molecular formula is C13H23BrN4O2S. The lowest BCUT2D eigenvalue weighted by Crippen LogP contribution is -2.37. The molecule has 0 spiro atoms. The number of rotatable bonds is 8. The van der Waals surface area contributed by atoms with Crippen molar-refractivity contribution in [3.05, 3.63) is 21.0 Å². The largest absolute Gasteiger partial charge is 0.387 e. The fourth-order valence-electron chi connectivity index (χ4n) is 1.69. The smallest absolute Gasteiger partial charge is 0.283 e. The molecule has 0 aliphatic carbocycles.